The zero-order chi connectivity index (χ0) is 32.1. The maximum atomic E-state index is 11.6. The third-order valence-corrected chi connectivity index (χ3v) is 8.02. The van der Waals surface area contributed by atoms with E-state index in [1.165, 1.54) is 21.1 Å². The minimum absolute atomic E-state index is 0.323. The van der Waals surface area contributed by atoms with Gasteiger partial charge in [0.05, 0.1) is 58.0 Å². The van der Waals surface area contributed by atoms with Gasteiger partial charge in [-0.05, 0) is 6.92 Å². The van der Waals surface area contributed by atoms with E-state index in [4.69, 9.17) is 32.4 Å². The summed E-state index contributed by atoms with van der Waals surface area (Å²) in [4.78, 5) is 0. The molecule has 42 heavy (non-hydrogen) atoms. The summed E-state index contributed by atoms with van der Waals surface area (Å²) in [6, 6.07) is 0. The fourth-order valence-electron chi connectivity index (χ4n) is 4.79. The largest absolute Gasteiger partial charge is 0.397 e. The van der Waals surface area contributed by atoms with Crippen molar-refractivity contribution < 1.29 is 90.5 Å². The molecule has 2 fully saturated rings. The summed E-state index contributed by atoms with van der Waals surface area (Å²) in [6.45, 7) is -2.38. The molecule has 0 amide bonds. The maximum absolute atomic E-state index is 11.6. The second-order valence-corrected chi connectivity index (χ2v) is 12.9. The van der Waals surface area contributed by atoms with E-state index in [0.717, 1.165) is 0 Å². The van der Waals surface area contributed by atoms with Crippen molar-refractivity contribution in [3.63, 3.8) is 0 Å². The Morgan fingerprint density at radius 2 is 1.29 bits per heavy atom. The molecule has 10 atom stereocenters. The van der Waals surface area contributed by atoms with E-state index < -0.39 is 124 Å². The van der Waals surface area contributed by atoms with Crippen LogP contribution in [0.5, 0.6) is 0 Å². The number of aliphatic hydroxyl groups is 3. The summed E-state index contributed by atoms with van der Waals surface area (Å²) >= 11 is 0. The fraction of sp³-hybridized carbons (Fsp3) is 1.00. The molecular weight excluding hydrogens is 644 g/mol. The number of hydrogen-bond acceptors (Lipinski definition) is 17. The second-order valence-electron chi connectivity index (χ2n) is 9.74. The Hall–Kier alpha value is -0.710. The van der Waals surface area contributed by atoms with E-state index in [0.29, 0.717) is 0 Å². The molecule has 0 radical (unpaired) electrons. The van der Waals surface area contributed by atoms with Gasteiger partial charge in [0.15, 0.2) is 0 Å². The van der Waals surface area contributed by atoms with Gasteiger partial charge in [0, 0.05) is 26.1 Å². The number of rotatable bonds is 16. The molecular formula is C19H36O20S3. The van der Waals surface area contributed by atoms with Crippen LogP contribution in [0.2, 0.25) is 0 Å². The summed E-state index contributed by atoms with van der Waals surface area (Å²) < 4.78 is 136. The Bertz CT molecular complexity index is 1170. The van der Waals surface area contributed by atoms with Crippen LogP contribution < -0.4 is 0 Å². The zero-order valence-corrected chi connectivity index (χ0v) is 25.0. The van der Waals surface area contributed by atoms with Crippen LogP contribution in [-0.2, 0) is 67.4 Å². The van der Waals surface area contributed by atoms with Crippen LogP contribution in [0.3, 0.4) is 0 Å². The molecule has 2 aliphatic rings. The number of methoxy groups -OCH3 is 2. The molecule has 2 saturated heterocycles. The molecule has 0 aromatic carbocycles. The molecule has 6 N–H and O–H groups in total. The lowest BCUT2D eigenvalue weighted by atomic mass is 9.80. The van der Waals surface area contributed by atoms with Gasteiger partial charge in [-0.3, -0.25) is 13.7 Å². The SMILES string of the molecule is COC[C@H]1OC(COS(=O)(=O)O)[C@H](COC[C@@H]2OC(C)(CO)[C@H](O)[C@@H](COC)C2OS(=O)(=O)O)[C@@H](O)C1OS(=O)(=O)O. The number of ether oxygens (including phenoxy) is 5. The first-order chi connectivity index (χ1) is 19.2. The topological polar surface area (TPSA) is 298 Å². The highest BCUT2D eigenvalue weighted by atomic mass is 32.3. The minimum atomic E-state index is -5.16. The summed E-state index contributed by atoms with van der Waals surface area (Å²) in [6.07, 6.45) is -11.2. The Labute approximate surface area is 242 Å². The van der Waals surface area contributed by atoms with Crippen LogP contribution in [0.4, 0.5) is 0 Å². The molecule has 250 valence electrons. The van der Waals surface area contributed by atoms with Gasteiger partial charge in [0.1, 0.15) is 30.0 Å². The lowest BCUT2D eigenvalue weighted by Gasteiger charge is -2.49. The Kier molecular flexibility index (Phi) is 13.4. The van der Waals surface area contributed by atoms with Crippen molar-refractivity contribution in [2.75, 3.05) is 53.9 Å². The Morgan fingerprint density at radius 3 is 1.79 bits per heavy atom. The predicted molar refractivity (Wildman–Crippen MR) is 133 cm³/mol. The van der Waals surface area contributed by atoms with Gasteiger partial charge >= 0.3 is 31.2 Å². The number of aliphatic hydroxyl groups excluding tert-OH is 3. The molecule has 20 nitrogen and oxygen atoms in total. The van der Waals surface area contributed by atoms with Crippen molar-refractivity contribution in [1.29, 1.82) is 0 Å². The zero-order valence-electron chi connectivity index (χ0n) is 22.6. The van der Waals surface area contributed by atoms with E-state index in [1.54, 1.807) is 0 Å². The van der Waals surface area contributed by atoms with E-state index in [-0.39, 0.29) is 6.61 Å². The standard InChI is InChI=1S/C19H36O20S3/c1-19(9-20)18(22)11(4-32-2)16(38-41(26,27)28)14(37-19)7-34-5-10-12(8-35-40(23,24)25)36-13(6-33-3)17(15(10)21)39-42(29,30)31/h10-18,20-22H,4-9H2,1-3H3,(H,23,24,25)(H,26,27,28)(H,29,30,31)/t10-,11-,12?,13+,14-,15+,16?,17?,18+,19?/m0/s1. The average Bonchev–Trinajstić information content (AvgIpc) is 2.85. The molecule has 4 unspecified atom stereocenters. The average molecular weight is 681 g/mol. The fourth-order valence-corrected chi connectivity index (χ4v) is 6.16. The molecule has 0 aliphatic carbocycles. The van der Waals surface area contributed by atoms with Crippen molar-refractivity contribution in [2.24, 2.45) is 11.8 Å². The van der Waals surface area contributed by atoms with E-state index in [2.05, 4.69) is 8.37 Å². The van der Waals surface area contributed by atoms with Gasteiger partial charge in [0.25, 0.3) is 0 Å². The third kappa shape index (κ3) is 10.7. The Morgan fingerprint density at radius 1 is 0.714 bits per heavy atom. The van der Waals surface area contributed by atoms with E-state index in [1.807, 2.05) is 0 Å². The van der Waals surface area contributed by atoms with Crippen molar-refractivity contribution in [2.45, 2.75) is 55.3 Å². The highest BCUT2D eigenvalue weighted by Crippen LogP contribution is 2.37. The third-order valence-electron chi connectivity index (χ3n) is 6.65. The highest BCUT2D eigenvalue weighted by molar-refractivity contribution is 7.81. The van der Waals surface area contributed by atoms with Crippen molar-refractivity contribution in [3.8, 4) is 0 Å². The van der Waals surface area contributed by atoms with Gasteiger partial charge in [-0.2, -0.15) is 25.3 Å². The Balaban J connectivity index is 2.35. The molecule has 23 heteroatoms. The molecule has 2 aliphatic heterocycles. The smallest absolute Gasteiger partial charge is 0.393 e. The van der Waals surface area contributed by atoms with Gasteiger partial charge in [-0.1, -0.05) is 0 Å². The quantitative estimate of drug-likeness (QED) is 0.0857. The van der Waals surface area contributed by atoms with E-state index >= 15 is 0 Å². The van der Waals surface area contributed by atoms with Crippen molar-refractivity contribution >= 4 is 31.2 Å². The molecule has 0 bridgehead atoms. The summed E-state index contributed by atoms with van der Waals surface area (Å²) in [5, 5.41) is 31.5. The van der Waals surface area contributed by atoms with Gasteiger partial charge in [0.2, 0.25) is 0 Å². The van der Waals surface area contributed by atoms with Crippen LogP contribution in [0.1, 0.15) is 6.92 Å². The van der Waals surface area contributed by atoms with Crippen LogP contribution in [0, 0.1) is 11.8 Å². The predicted octanol–water partition coefficient (Wildman–Crippen LogP) is -3.64. The lowest BCUT2D eigenvalue weighted by molar-refractivity contribution is -0.268. The van der Waals surface area contributed by atoms with Crippen LogP contribution in [0.15, 0.2) is 0 Å². The second kappa shape index (κ2) is 15.0. The molecule has 2 heterocycles. The summed E-state index contributed by atoms with van der Waals surface area (Å²) in [7, 11) is -12.9. The molecule has 0 spiro atoms. The maximum Gasteiger partial charge on any atom is 0.397 e. The van der Waals surface area contributed by atoms with Gasteiger partial charge < -0.3 is 39.0 Å². The first-order valence-electron chi connectivity index (χ1n) is 12.0. The van der Waals surface area contributed by atoms with E-state index in [9.17, 15) is 49.7 Å². The summed E-state index contributed by atoms with van der Waals surface area (Å²) in [5.41, 5.74) is -1.70. The lowest BCUT2D eigenvalue weighted by Crippen LogP contribution is -2.64. The molecule has 0 aromatic rings. The highest BCUT2D eigenvalue weighted by Gasteiger charge is 2.54. The van der Waals surface area contributed by atoms with Gasteiger partial charge in [-0.25, -0.2) is 12.5 Å². The van der Waals surface area contributed by atoms with Crippen molar-refractivity contribution in [1.82, 2.24) is 0 Å². The molecule has 2 rings (SSSR count). The first kappa shape index (κ1) is 37.5. The first-order valence-corrected chi connectivity index (χ1v) is 16.1. The monoisotopic (exact) mass is 680 g/mol. The molecule has 0 aromatic heterocycles. The minimum Gasteiger partial charge on any atom is -0.393 e. The van der Waals surface area contributed by atoms with Crippen LogP contribution in [-0.4, -0.2) is 156 Å². The summed E-state index contributed by atoms with van der Waals surface area (Å²) in [5.74, 6) is -2.60. The molecule has 0 saturated carbocycles. The van der Waals surface area contributed by atoms with Gasteiger partial charge in [-0.15, -0.1) is 0 Å². The van der Waals surface area contributed by atoms with Crippen LogP contribution >= 0.6 is 0 Å². The van der Waals surface area contributed by atoms with Crippen LogP contribution in [0.25, 0.3) is 0 Å². The normalized spacial score (nSPS) is 36.6. The van der Waals surface area contributed by atoms with Crippen molar-refractivity contribution in [3.05, 3.63) is 0 Å². The number of hydrogen-bond donors (Lipinski definition) is 6.